The van der Waals surface area contributed by atoms with Crippen LogP contribution in [0.5, 0.6) is 11.5 Å². The Labute approximate surface area is 143 Å². The molecule has 0 atom stereocenters. The van der Waals surface area contributed by atoms with Gasteiger partial charge in [-0.15, -0.1) is 0 Å². The monoisotopic (exact) mass is 330 g/mol. The van der Waals surface area contributed by atoms with Gasteiger partial charge in [0, 0.05) is 30.8 Å². The molecule has 130 valence electrons. The first-order chi connectivity index (χ1) is 11.5. The Morgan fingerprint density at radius 1 is 1.12 bits per heavy atom. The van der Waals surface area contributed by atoms with Crippen molar-refractivity contribution in [2.75, 3.05) is 47.1 Å². The van der Waals surface area contributed by atoms with Crippen LogP contribution in [0.1, 0.15) is 5.56 Å². The molecule has 1 aromatic carbocycles. The number of methoxy groups -OCH3 is 2. The molecule has 1 heterocycles. The predicted octanol–water partition coefficient (Wildman–Crippen LogP) is 2.00. The number of benzene rings is 1. The number of anilines is 1. The highest BCUT2D eigenvalue weighted by atomic mass is 16.5. The van der Waals surface area contributed by atoms with Gasteiger partial charge >= 0.3 is 0 Å². The minimum Gasteiger partial charge on any atom is -0.496 e. The maximum Gasteiger partial charge on any atom is 0.128 e. The molecule has 6 nitrogen and oxygen atoms in total. The Bertz CT molecular complexity index is 674. The molecule has 0 saturated heterocycles. The highest BCUT2D eigenvalue weighted by Gasteiger charge is 2.14. The van der Waals surface area contributed by atoms with Crippen LogP contribution in [0.25, 0.3) is 11.3 Å². The largest absolute Gasteiger partial charge is 0.496 e. The van der Waals surface area contributed by atoms with Crippen LogP contribution < -0.4 is 20.5 Å². The number of nitrogens with one attached hydrogen (secondary N) is 1. The van der Waals surface area contributed by atoms with E-state index in [1.807, 2.05) is 24.3 Å². The number of aromatic nitrogens is 1. The first-order valence-electron chi connectivity index (χ1n) is 7.88. The van der Waals surface area contributed by atoms with Gasteiger partial charge in [-0.2, -0.15) is 0 Å². The summed E-state index contributed by atoms with van der Waals surface area (Å²) in [6, 6.07) is 9.48. The molecule has 0 aliphatic carbocycles. The van der Waals surface area contributed by atoms with E-state index >= 15 is 0 Å². The zero-order valence-electron chi connectivity index (χ0n) is 14.8. The average molecular weight is 330 g/mol. The lowest BCUT2D eigenvalue weighted by Gasteiger charge is -2.16. The summed E-state index contributed by atoms with van der Waals surface area (Å²) in [7, 11) is 7.43. The molecule has 6 heteroatoms. The smallest absolute Gasteiger partial charge is 0.128 e. The first-order valence-corrected chi connectivity index (χ1v) is 7.88. The van der Waals surface area contributed by atoms with Gasteiger partial charge < -0.3 is 25.4 Å². The third-order valence-corrected chi connectivity index (χ3v) is 3.70. The number of nitrogen functional groups attached to an aromatic ring is 1. The molecule has 0 bridgehead atoms. The van der Waals surface area contributed by atoms with Crippen LogP contribution in [0.3, 0.4) is 0 Å². The second-order valence-electron chi connectivity index (χ2n) is 5.79. The second-order valence-corrected chi connectivity index (χ2v) is 5.79. The van der Waals surface area contributed by atoms with Crippen molar-refractivity contribution in [3.8, 4) is 22.8 Å². The highest BCUT2D eigenvalue weighted by Crippen LogP contribution is 2.35. The van der Waals surface area contributed by atoms with Crippen molar-refractivity contribution >= 4 is 5.82 Å². The third kappa shape index (κ3) is 4.59. The van der Waals surface area contributed by atoms with Gasteiger partial charge in [0.2, 0.25) is 0 Å². The van der Waals surface area contributed by atoms with Gasteiger partial charge in [-0.05, 0) is 38.4 Å². The molecule has 0 spiro atoms. The van der Waals surface area contributed by atoms with E-state index in [1.165, 1.54) is 0 Å². The molecule has 24 heavy (non-hydrogen) atoms. The van der Waals surface area contributed by atoms with Crippen LogP contribution in [0.2, 0.25) is 0 Å². The summed E-state index contributed by atoms with van der Waals surface area (Å²) in [5, 5.41) is 3.41. The average Bonchev–Trinajstić information content (AvgIpc) is 2.57. The van der Waals surface area contributed by atoms with E-state index in [0.29, 0.717) is 12.4 Å². The van der Waals surface area contributed by atoms with E-state index in [2.05, 4.69) is 29.3 Å². The van der Waals surface area contributed by atoms with Crippen LogP contribution in [-0.4, -0.2) is 51.3 Å². The zero-order valence-corrected chi connectivity index (χ0v) is 14.8. The number of ether oxygens (including phenoxy) is 2. The van der Waals surface area contributed by atoms with Crippen molar-refractivity contribution < 1.29 is 9.47 Å². The fraction of sp³-hybridized carbons (Fsp3) is 0.389. The minimum atomic E-state index is 0.475. The molecule has 0 saturated carbocycles. The Balaban J connectivity index is 2.28. The number of hydrogen-bond acceptors (Lipinski definition) is 6. The molecule has 3 N–H and O–H groups in total. The Morgan fingerprint density at radius 3 is 2.50 bits per heavy atom. The van der Waals surface area contributed by atoms with Gasteiger partial charge in [-0.1, -0.05) is 6.07 Å². The van der Waals surface area contributed by atoms with Gasteiger partial charge in [-0.3, -0.25) is 0 Å². The molecule has 2 rings (SSSR count). The van der Waals surface area contributed by atoms with Crippen molar-refractivity contribution in [1.29, 1.82) is 0 Å². The molecule has 0 aliphatic heterocycles. The van der Waals surface area contributed by atoms with E-state index in [1.54, 1.807) is 20.3 Å². The van der Waals surface area contributed by atoms with Crippen molar-refractivity contribution in [1.82, 2.24) is 15.2 Å². The van der Waals surface area contributed by atoms with Gasteiger partial charge in [-0.25, -0.2) is 4.98 Å². The van der Waals surface area contributed by atoms with E-state index in [9.17, 15) is 0 Å². The zero-order chi connectivity index (χ0) is 17.5. The standard InChI is InChI=1S/C18H26N4O2/c1-22(2)9-8-20-12-13-10-17(24-4)14(11-16(13)23-3)15-6-5-7-18(19)21-15/h5-7,10-11,20H,8-9,12H2,1-4H3,(H2,19,21). The molecule has 0 unspecified atom stereocenters. The van der Waals surface area contributed by atoms with Crippen LogP contribution in [0.15, 0.2) is 30.3 Å². The Hall–Kier alpha value is -2.31. The van der Waals surface area contributed by atoms with Gasteiger partial charge in [0.25, 0.3) is 0 Å². The van der Waals surface area contributed by atoms with Crippen molar-refractivity contribution in [3.63, 3.8) is 0 Å². The fourth-order valence-electron chi connectivity index (χ4n) is 2.43. The minimum absolute atomic E-state index is 0.475. The van der Waals surface area contributed by atoms with E-state index < -0.39 is 0 Å². The van der Waals surface area contributed by atoms with Crippen LogP contribution in [0, 0.1) is 0 Å². The number of likely N-dealkylation sites (N-methyl/N-ethyl adjacent to an activating group) is 1. The third-order valence-electron chi connectivity index (χ3n) is 3.70. The lowest BCUT2D eigenvalue weighted by Crippen LogP contribution is -2.26. The SMILES string of the molecule is COc1cc(-c2cccc(N)n2)c(OC)cc1CNCCN(C)C. The molecule has 0 fully saturated rings. The maximum absolute atomic E-state index is 5.80. The normalized spacial score (nSPS) is 10.9. The summed E-state index contributed by atoms with van der Waals surface area (Å²) in [5.41, 5.74) is 8.46. The van der Waals surface area contributed by atoms with E-state index in [0.717, 1.165) is 41.4 Å². The van der Waals surface area contributed by atoms with Crippen LogP contribution in [-0.2, 0) is 6.54 Å². The number of rotatable bonds is 8. The van der Waals surface area contributed by atoms with Gasteiger partial charge in [0.1, 0.15) is 17.3 Å². The van der Waals surface area contributed by atoms with E-state index in [4.69, 9.17) is 15.2 Å². The quantitative estimate of drug-likeness (QED) is 0.721. The summed E-state index contributed by atoms with van der Waals surface area (Å²) in [4.78, 5) is 6.51. The second kappa shape index (κ2) is 8.52. The van der Waals surface area contributed by atoms with Crippen molar-refractivity contribution in [3.05, 3.63) is 35.9 Å². The summed E-state index contributed by atoms with van der Waals surface area (Å²) >= 11 is 0. The molecule has 0 radical (unpaired) electrons. The lowest BCUT2D eigenvalue weighted by molar-refractivity contribution is 0.388. The lowest BCUT2D eigenvalue weighted by atomic mass is 10.0. The summed E-state index contributed by atoms with van der Waals surface area (Å²) in [5.74, 6) is 2.02. The van der Waals surface area contributed by atoms with Crippen molar-refractivity contribution in [2.24, 2.45) is 0 Å². The van der Waals surface area contributed by atoms with Gasteiger partial charge in [0.05, 0.1) is 19.9 Å². The van der Waals surface area contributed by atoms with Crippen molar-refractivity contribution in [2.45, 2.75) is 6.54 Å². The Kier molecular flexibility index (Phi) is 6.40. The first kappa shape index (κ1) is 18.0. The number of nitrogens with two attached hydrogens (primary N) is 1. The molecule has 0 amide bonds. The highest BCUT2D eigenvalue weighted by molar-refractivity contribution is 5.71. The topological polar surface area (TPSA) is 72.6 Å². The summed E-state index contributed by atoms with van der Waals surface area (Å²) in [6.07, 6.45) is 0. The van der Waals surface area contributed by atoms with Gasteiger partial charge in [0.15, 0.2) is 0 Å². The van der Waals surface area contributed by atoms with E-state index in [-0.39, 0.29) is 0 Å². The molecule has 0 aliphatic rings. The fourth-order valence-corrected chi connectivity index (χ4v) is 2.43. The summed E-state index contributed by atoms with van der Waals surface area (Å²) < 4.78 is 11.1. The Morgan fingerprint density at radius 2 is 1.88 bits per heavy atom. The molecule has 1 aromatic heterocycles. The number of pyridine rings is 1. The molecular formula is C18H26N4O2. The predicted molar refractivity (Wildman–Crippen MR) is 97.5 cm³/mol. The number of hydrogen-bond donors (Lipinski definition) is 2. The molecular weight excluding hydrogens is 304 g/mol. The van der Waals surface area contributed by atoms with Crippen LogP contribution in [0.4, 0.5) is 5.82 Å². The number of nitrogens with zero attached hydrogens (tertiary/aromatic N) is 2. The maximum atomic E-state index is 5.80. The molecule has 2 aromatic rings. The van der Waals surface area contributed by atoms with Crippen LogP contribution >= 0.6 is 0 Å². The summed E-state index contributed by atoms with van der Waals surface area (Å²) in [6.45, 7) is 2.58.